The second kappa shape index (κ2) is 1.97. The fourth-order valence-corrected chi connectivity index (χ4v) is 2.12. The van der Waals surface area contributed by atoms with Gasteiger partial charge >= 0.3 is 0 Å². The van der Waals surface area contributed by atoms with Crippen LogP contribution in [-0.4, -0.2) is 14.8 Å². The molecular formula is C9H11N3. The summed E-state index contributed by atoms with van der Waals surface area (Å²) in [5.74, 6) is 2.65. The van der Waals surface area contributed by atoms with Gasteiger partial charge in [0.15, 0.2) is 0 Å². The van der Waals surface area contributed by atoms with E-state index in [0.29, 0.717) is 5.92 Å². The highest BCUT2D eigenvalue weighted by Gasteiger charge is 2.45. The van der Waals surface area contributed by atoms with Crippen molar-refractivity contribution >= 4 is 6.20 Å². The normalized spacial score (nSPS) is 30.6. The largest absolute Gasteiger partial charge is 0.225 e. The molecule has 1 saturated carbocycles. The van der Waals surface area contributed by atoms with Crippen LogP contribution < -0.4 is 0 Å². The van der Waals surface area contributed by atoms with Crippen molar-refractivity contribution in [1.82, 2.24) is 14.8 Å². The van der Waals surface area contributed by atoms with Gasteiger partial charge in [-0.1, -0.05) is 6.92 Å². The summed E-state index contributed by atoms with van der Waals surface area (Å²) in [6.07, 6.45) is 6.25. The highest BCUT2D eigenvalue weighted by atomic mass is 15.3. The average molecular weight is 161 g/mol. The zero-order chi connectivity index (χ0) is 8.13. The number of aromatic nitrogens is 3. The molecule has 0 amide bonds. The Bertz CT molecular complexity index is 350. The van der Waals surface area contributed by atoms with Crippen LogP contribution in [0.5, 0.6) is 0 Å². The van der Waals surface area contributed by atoms with Crippen LogP contribution in [0.4, 0.5) is 0 Å². The van der Waals surface area contributed by atoms with Crippen molar-refractivity contribution < 1.29 is 0 Å². The summed E-state index contributed by atoms with van der Waals surface area (Å²) in [4.78, 5) is 4.26. The van der Waals surface area contributed by atoms with Gasteiger partial charge in [0.05, 0.1) is 0 Å². The Morgan fingerprint density at radius 3 is 3.33 bits per heavy atom. The number of hydrogen-bond donors (Lipinski definition) is 0. The molecule has 0 bridgehead atoms. The molecule has 2 aliphatic rings. The van der Waals surface area contributed by atoms with Gasteiger partial charge in [-0.05, 0) is 24.3 Å². The summed E-state index contributed by atoms with van der Waals surface area (Å²) < 4.78 is 1.94. The Balaban J connectivity index is 2.14. The monoisotopic (exact) mass is 161 g/mol. The van der Waals surface area contributed by atoms with Crippen molar-refractivity contribution in [2.24, 2.45) is 5.92 Å². The molecule has 3 rings (SSSR count). The van der Waals surface area contributed by atoms with E-state index in [4.69, 9.17) is 0 Å². The van der Waals surface area contributed by atoms with E-state index in [1.54, 1.807) is 6.33 Å². The van der Waals surface area contributed by atoms with E-state index in [1.165, 1.54) is 12.0 Å². The summed E-state index contributed by atoms with van der Waals surface area (Å²) in [6.45, 7) is 2.21. The molecule has 3 heteroatoms. The third kappa shape index (κ3) is 0.661. The van der Waals surface area contributed by atoms with Crippen LogP contribution in [0.25, 0.3) is 6.20 Å². The number of hydrogen-bond acceptors (Lipinski definition) is 2. The first-order chi connectivity index (χ1) is 5.90. The van der Waals surface area contributed by atoms with Gasteiger partial charge in [0, 0.05) is 12.1 Å². The van der Waals surface area contributed by atoms with Crippen LogP contribution in [0.3, 0.4) is 0 Å². The molecule has 62 valence electrons. The van der Waals surface area contributed by atoms with Gasteiger partial charge in [0.2, 0.25) is 0 Å². The Morgan fingerprint density at radius 1 is 1.58 bits per heavy atom. The number of allylic oxidation sites excluding steroid dienone is 1. The molecule has 1 fully saturated rings. The Morgan fingerprint density at radius 2 is 2.50 bits per heavy atom. The third-order valence-electron chi connectivity index (χ3n) is 2.90. The summed E-state index contributed by atoms with van der Waals surface area (Å²) in [5, 5.41) is 4.16. The maximum Gasteiger partial charge on any atom is 0.138 e. The van der Waals surface area contributed by atoms with Gasteiger partial charge in [0.25, 0.3) is 0 Å². The molecule has 12 heavy (non-hydrogen) atoms. The predicted molar refractivity (Wildman–Crippen MR) is 45.4 cm³/mol. The van der Waals surface area contributed by atoms with Crippen LogP contribution >= 0.6 is 0 Å². The van der Waals surface area contributed by atoms with E-state index in [2.05, 4.69) is 23.2 Å². The van der Waals surface area contributed by atoms with Crippen LogP contribution in [0, 0.1) is 5.92 Å². The van der Waals surface area contributed by atoms with Crippen molar-refractivity contribution in [2.75, 3.05) is 0 Å². The highest BCUT2D eigenvalue weighted by molar-refractivity contribution is 5.43. The van der Waals surface area contributed by atoms with E-state index in [-0.39, 0.29) is 0 Å². The van der Waals surface area contributed by atoms with Gasteiger partial charge in [-0.25, -0.2) is 9.67 Å². The van der Waals surface area contributed by atoms with Crippen LogP contribution in [0.2, 0.25) is 0 Å². The molecule has 3 nitrogen and oxygen atoms in total. The lowest BCUT2D eigenvalue weighted by Crippen LogP contribution is -2.05. The van der Waals surface area contributed by atoms with E-state index in [9.17, 15) is 0 Å². The van der Waals surface area contributed by atoms with Crippen molar-refractivity contribution in [3.63, 3.8) is 0 Å². The van der Waals surface area contributed by atoms with E-state index in [1.807, 2.05) is 4.68 Å². The highest BCUT2D eigenvalue weighted by Crippen LogP contribution is 2.54. The fourth-order valence-electron chi connectivity index (χ4n) is 2.12. The van der Waals surface area contributed by atoms with Gasteiger partial charge in [-0.2, -0.15) is 5.10 Å². The van der Waals surface area contributed by atoms with Crippen molar-refractivity contribution in [2.45, 2.75) is 25.7 Å². The van der Waals surface area contributed by atoms with Crippen LogP contribution in [0.15, 0.2) is 11.9 Å². The molecule has 2 heterocycles. The van der Waals surface area contributed by atoms with Gasteiger partial charge in [-0.3, -0.25) is 0 Å². The molecule has 1 aromatic rings. The maximum atomic E-state index is 4.26. The third-order valence-corrected chi connectivity index (χ3v) is 2.90. The zero-order valence-electron chi connectivity index (χ0n) is 7.07. The molecule has 0 aromatic carbocycles. The van der Waals surface area contributed by atoms with Gasteiger partial charge in [0.1, 0.15) is 12.2 Å². The smallest absolute Gasteiger partial charge is 0.138 e. The van der Waals surface area contributed by atoms with Gasteiger partial charge < -0.3 is 0 Å². The Kier molecular flexibility index (Phi) is 1.05. The lowest BCUT2D eigenvalue weighted by molar-refractivity contribution is 0.744. The number of nitrogens with zero attached hydrogens (tertiary/aromatic N) is 3. The molecule has 0 spiro atoms. The lowest BCUT2D eigenvalue weighted by Gasteiger charge is -2.10. The second-order valence-electron chi connectivity index (χ2n) is 3.57. The van der Waals surface area contributed by atoms with E-state index in [0.717, 1.165) is 18.2 Å². The molecule has 2 atom stereocenters. The first-order valence-electron chi connectivity index (χ1n) is 4.50. The Hall–Kier alpha value is -1.12. The fraction of sp³-hybridized carbons (Fsp3) is 0.556. The summed E-state index contributed by atoms with van der Waals surface area (Å²) in [7, 11) is 0. The average Bonchev–Trinajstić information content (AvgIpc) is 2.76. The number of fused-ring (bicyclic) bond motifs is 3. The quantitative estimate of drug-likeness (QED) is 0.627. The van der Waals surface area contributed by atoms with Crippen molar-refractivity contribution in [3.05, 3.63) is 17.7 Å². The maximum absolute atomic E-state index is 4.26. The van der Waals surface area contributed by atoms with Crippen molar-refractivity contribution in [1.29, 1.82) is 0 Å². The molecule has 1 aliphatic heterocycles. The van der Waals surface area contributed by atoms with Crippen molar-refractivity contribution in [3.8, 4) is 0 Å². The predicted octanol–water partition coefficient (Wildman–Crippen LogP) is 1.65. The SMILES string of the molecule is CCC1=Cn2ncnc2C2CC12. The minimum atomic E-state index is 0.687. The Labute approximate surface area is 71.1 Å². The molecule has 1 aliphatic carbocycles. The minimum absolute atomic E-state index is 0.687. The molecule has 0 N–H and O–H groups in total. The van der Waals surface area contributed by atoms with E-state index >= 15 is 0 Å². The second-order valence-corrected chi connectivity index (χ2v) is 3.57. The number of rotatable bonds is 1. The van der Waals surface area contributed by atoms with Crippen LogP contribution in [0.1, 0.15) is 31.5 Å². The summed E-state index contributed by atoms with van der Waals surface area (Å²) >= 11 is 0. The first-order valence-corrected chi connectivity index (χ1v) is 4.50. The topological polar surface area (TPSA) is 30.7 Å². The molecule has 1 aromatic heterocycles. The molecule has 2 unspecified atom stereocenters. The van der Waals surface area contributed by atoms with Crippen LogP contribution in [-0.2, 0) is 0 Å². The molecular weight excluding hydrogens is 150 g/mol. The lowest BCUT2D eigenvalue weighted by atomic mass is 10.1. The summed E-state index contributed by atoms with van der Waals surface area (Å²) in [5.41, 5.74) is 1.54. The van der Waals surface area contributed by atoms with Gasteiger partial charge in [-0.15, -0.1) is 0 Å². The minimum Gasteiger partial charge on any atom is -0.225 e. The first kappa shape index (κ1) is 6.40. The standard InChI is InChI=1S/C9H11N3/c1-2-6-4-12-9(10-5-11-12)8-3-7(6)8/h4-5,7-8H,2-3H2,1H3. The summed E-state index contributed by atoms with van der Waals surface area (Å²) in [6, 6.07) is 0. The molecule has 0 saturated heterocycles. The molecule has 0 radical (unpaired) electrons. The van der Waals surface area contributed by atoms with E-state index < -0.39 is 0 Å². The zero-order valence-corrected chi connectivity index (χ0v) is 7.07.